The Morgan fingerprint density at radius 1 is 1.20 bits per heavy atom. The number of nitrogens with zero attached hydrogens (tertiary/aromatic N) is 1. The van der Waals surface area contributed by atoms with Crippen LogP contribution in [-0.2, 0) is 6.18 Å². The normalized spacial score (nSPS) is 15.4. The summed E-state index contributed by atoms with van der Waals surface area (Å²) in [5.41, 5.74) is 2.41. The summed E-state index contributed by atoms with van der Waals surface area (Å²) < 4.78 is 71.8. The number of hydrogen-bond acceptors (Lipinski definition) is 2. The minimum absolute atomic E-state index is 0.234. The number of rotatable bonds is 1. The fraction of sp³-hybridized carbons (Fsp3) is 0.500. The van der Waals surface area contributed by atoms with E-state index in [1.807, 2.05) is 0 Å². The van der Waals surface area contributed by atoms with E-state index < -0.39 is 29.8 Å². The van der Waals surface area contributed by atoms with E-state index in [9.17, 15) is 26.3 Å². The second-order valence-corrected chi connectivity index (χ2v) is 2.73. The van der Waals surface area contributed by atoms with Gasteiger partial charge in [0.05, 0.1) is 5.69 Å². The molecule has 0 aliphatic rings. The Morgan fingerprint density at radius 3 is 2.07 bits per heavy atom. The third-order valence-corrected chi connectivity index (χ3v) is 1.58. The summed E-state index contributed by atoms with van der Waals surface area (Å²) in [5, 5.41) is 4.30. The molecular weight excluding hydrogens is 228 g/mol. The minimum atomic E-state index is -4.81. The Hall–Kier alpha value is -1.25. The van der Waals surface area contributed by atoms with Gasteiger partial charge in [0, 0.05) is 0 Å². The van der Waals surface area contributed by atoms with Crippen LogP contribution in [0.2, 0.25) is 0 Å². The van der Waals surface area contributed by atoms with Crippen LogP contribution in [0.1, 0.15) is 17.4 Å². The van der Waals surface area contributed by atoms with E-state index in [-0.39, 0.29) is 6.07 Å². The van der Waals surface area contributed by atoms with Gasteiger partial charge in [-0.25, -0.2) is 0 Å². The molecule has 0 aromatic carbocycles. The molecule has 9 heteroatoms. The minimum Gasteiger partial charge on any atom is -0.315 e. The van der Waals surface area contributed by atoms with E-state index in [1.165, 1.54) is 0 Å². The third-order valence-electron chi connectivity index (χ3n) is 1.58. The van der Waals surface area contributed by atoms with Crippen molar-refractivity contribution in [1.29, 1.82) is 0 Å². The molecule has 1 rings (SSSR count). The Labute approximate surface area is 79.3 Å². The number of halogens is 6. The van der Waals surface area contributed by atoms with Crippen molar-refractivity contribution in [2.24, 2.45) is 5.73 Å². The number of alkyl halides is 6. The van der Waals surface area contributed by atoms with Crippen molar-refractivity contribution >= 4 is 0 Å². The van der Waals surface area contributed by atoms with Gasteiger partial charge in [-0.05, 0) is 6.07 Å². The summed E-state index contributed by atoms with van der Waals surface area (Å²) in [7, 11) is 0. The fourth-order valence-electron chi connectivity index (χ4n) is 0.817. The molecule has 3 nitrogen and oxygen atoms in total. The molecule has 0 fully saturated rings. The maximum absolute atomic E-state index is 12.0. The maximum atomic E-state index is 12.0. The van der Waals surface area contributed by atoms with Gasteiger partial charge in [-0.3, -0.25) is 5.10 Å². The van der Waals surface area contributed by atoms with Crippen molar-refractivity contribution in [2.45, 2.75) is 18.4 Å². The second kappa shape index (κ2) is 3.40. The molecular formula is C6H5F6N3. The average Bonchev–Trinajstić information content (AvgIpc) is 2.47. The predicted molar refractivity (Wildman–Crippen MR) is 36.6 cm³/mol. The molecule has 1 atom stereocenters. The first-order valence-electron chi connectivity index (χ1n) is 3.57. The highest BCUT2D eigenvalue weighted by atomic mass is 19.4. The highest BCUT2D eigenvalue weighted by Gasteiger charge is 2.41. The molecule has 0 spiro atoms. The number of aromatic nitrogens is 2. The molecule has 0 saturated carbocycles. The Bertz CT molecular complexity index is 337. The zero-order valence-corrected chi connectivity index (χ0v) is 6.95. The van der Waals surface area contributed by atoms with Crippen LogP contribution < -0.4 is 5.73 Å². The van der Waals surface area contributed by atoms with Crippen LogP contribution in [-0.4, -0.2) is 16.4 Å². The van der Waals surface area contributed by atoms with E-state index in [1.54, 1.807) is 5.10 Å². The van der Waals surface area contributed by atoms with Gasteiger partial charge in [-0.2, -0.15) is 31.4 Å². The fourth-order valence-corrected chi connectivity index (χ4v) is 0.817. The van der Waals surface area contributed by atoms with Crippen LogP contribution in [0.15, 0.2) is 6.07 Å². The Balaban J connectivity index is 2.95. The number of aromatic amines is 1. The van der Waals surface area contributed by atoms with Crippen molar-refractivity contribution in [3.05, 3.63) is 17.5 Å². The summed E-state index contributed by atoms with van der Waals surface area (Å²) >= 11 is 0. The first-order valence-corrected chi connectivity index (χ1v) is 3.57. The molecule has 1 heterocycles. The molecule has 0 radical (unpaired) electrons. The van der Waals surface area contributed by atoms with Crippen molar-refractivity contribution < 1.29 is 26.3 Å². The van der Waals surface area contributed by atoms with Crippen LogP contribution in [0, 0.1) is 0 Å². The SMILES string of the molecule is NC(c1cc(C(F)(F)F)n[nH]1)C(F)(F)F. The maximum Gasteiger partial charge on any atom is 0.435 e. The van der Waals surface area contributed by atoms with Crippen molar-refractivity contribution in [1.82, 2.24) is 10.2 Å². The summed E-state index contributed by atoms with van der Waals surface area (Å²) in [6.07, 6.45) is -9.60. The van der Waals surface area contributed by atoms with E-state index in [4.69, 9.17) is 0 Å². The largest absolute Gasteiger partial charge is 0.435 e. The molecule has 0 saturated heterocycles. The molecule has 0 aliphatic heterocycles. The number of nitrogens with two attached hydrogens (primary N) is 1. The monoisotopic (exact) mass is 233 g/mol. The lowest BCUT2D eigenvalue weighted by atomic mass is 10.2. The zero-order valence-electron chi connectivity index (χ0n) is 6.95. The summed E-state index contributed by atoms with van der Waals surface area (Å²) in [6, 6.07) is -2.26. The first-order chi connectivity index (χ1) is 6.62. The summed E-state index contributed by atoms with van der Waals surface area (Å²) in [5.74, 6) is 0. The number of H-pyrrole nitrogens is 1. The van der Waals surface area contributed by atoms with E-state index in [2.05, 4.69) is 10.8 Å². The smallest absolute Gasteiger partial charge is 0.315 e. The van der Waals surface area contributed by atoms with Gasteiger partial charge in [0.1, 0.15) is 6.04 Å². The van der Waals surface area contributed by atoms with E-state index >= 15 is 0 Å². The number of hydrogen-bond donors (Lipinski definition) is 2. The molecule has 1 aromatic heterocycles. The standard InChI is InChI=1S/C6H5F6N3/c7-5(8,9)3-1-2(14-15-3)4(13)6(10,11)12/h1,4H,13H2,(H,14,15). The van der Waals surface area contributed by atoms with Crippen LogP contribution in [0.3, 0.4) is 0 Å². The van der Waals surface area contributed by atoms with Gasteiger partial charge in [0.25, 0.3) is 0 Å². The zero-order chi connectivity index (χ0) is 11.9. The average molecular weight is 233 g/mol. The predicted octanol–water partition coefficient (Wildman–Crippen LogP) is 1.99. The highest BCUT2D eigenvalue weighted by molar-refractivity contribution is 5.15. The van der Waals surface area contributed by atoms with Crippen LogP contribution in [0.5, 0.6) is 0 Å². The quantitative estimate of drug-likeness (QED) is 0.729. The van der Waals surface area contributed by atoms with Gasteiger partial charge in [0.2, 0.25) is 0 Å². The Kier molecular flexibility index (Phi) is 2.68. The summed E-state index contributed by atoms with van der Waals surface area (Å²) in [4.78, 5) is 0. The second-order valence-electron chi connectivity index (χ2n) is 2.73. The summed E-state index contributed by atoms with van der Waals surface area (Å²) in [6.45, 7) is 0. The lowest BCUT2D eigenvalue weighted by Gasteiger charge is -2.12. The number of nitrogens with one attached hydrogen (secondary N) is 1. The molecule has 86 valence electrons. The Morgan fingerprint density at radius 2 is 1.73 bits per heavy atom. The molecule has 1 unspecified atom stereocenters. The van der Waals surface area contributed by atoms with Gasteiger partial charge >= 0.3 is 12.4 Å². The lowest BCUT2D eigenvalue weighted by Crippen LogP contribution is -2.28. The van der Waals surface area contributed by atoms with Gasteiger partial charge in [-0.1, -0.05) is 0 Å². The molecule has 0 bridgehead atoms. The molecule has 15 heavy (non-hydrogen) atoms. The highest BCUT2D eigenvalue weighted by Crippen LogP contribution is 2.33. The molecule has 0 aliphatic carbocycles. The van der Waals surface area contributed by atoms with Crippen molar-refractivity contribution in [2.75, 3.05) is 0 Å². The van der Waals surface area contributed by atoms with Crippen LogP contribution in [0.4, 0.5) is 26.3 Å². The molecule has 1 aromatic rings. The van der Waals surface area contributed by atoms with E-state index in [0.717, 1.165) is 0 Å². The van der Waals surface area contributed by atoms with Gasteiger partial charge < -0.3 is 5.73 Å². The third kappa shape index (κ3) is 2.61. The van der Waals surface area contributed by atoms with Crippen LogP contribution >= 0.6 is 0 Å². The first kappa shape index (κ1) is 11.8. The molecule has 0 amide bonds. The lowest BCUT2D eigenvalue weighted by molar-refractivity contribution is -0.150. The van der Waals surface area contributed by atoms with E-state index in [0.29, 0.717) is 0 Å². The molecule has 3 N–H and O–H groups in total. The van der Waals surface area contributed by atoms with Gasteiger partial charge in [0.15, 0.2) is 5.69 Å². The van der Waals surface area contributed by atoms with Gasteiger partial charge in [-0.15, -0.1) is 0 Å². The van der Waals surface area contributed by atoms with Crippen LogP contribution in [0.25, 0.3) is 0 Å². The van der Waals surface area contributed by atoms with Crippen molar-refractivity contribution in [3.8, 4) is 0 Å². The van der Waals surface area contributed by atoms with Crippen molar-refractivity contribution in [3.63, 3.8) is 0 Å². The topological polar surface area (TPSA) is 54.7 Å².